The summed E-state index contributed by atoms with van der Waals surface area (Å²) in [4.78, 5) is 0.252. The van der Waals surface area contributed by atoms with E-state index in [1.54, 1.807) is 34.9 Å². The van der Waals surface area contributed by atoms with Gasteiger partial charge in [-0.1, -0.05) is 35.5 Å². The van der Waals surface area contributed by atoms with Gasteiger partial charge in [-0.2, -0.15) is 5.26 Å². The predicted octanol–water partition coefficient (Wildman–Crippen LogP) is 2.36. The lowest BCUT2D eigenvalue weighted by Crippen LogP contribution is -2.11. The fourth-order valence-corrected chi connectivity index (χ4v) is 3.84. The molecule has 6 nitrogen and oxygen atoms in total. The number of rotatable bonds is 7. The molecule has 2 aromatic rings. The van der Waals surface area contributed by atoms with E-state index in [1.807, 2.05) is 13.0 Å². The number of nitriles is 1. The van der Waals surface area contributed by atoms with Gasteiger partial charge in [-0.25, -0.2) is 8.42 Å². The zero-order valence-electron chi connectivity index (χ0n) is 12.6. The second-order valence-corrected chi connectivity index (χ2v) is 7.75. The molecule has 23 heavy (non-hydrogen) atoms. The van der Waals surface area contributed by atoms with Crippen molar-refractivity contribution in [3.05, 3.63) is 48.3 Å². The Hall–Kier alpha value is -2.11. The molecule has 8 heteroatoms. The van der Waals surface area contributed by atoms with E-state index in [9.17, 15) is 8.42 Å². The van der Waals surface area contributed by atoms with Crippen LogP contribution in [0.15, 0.2) is 47.0 Å². The summed E-state index contributed by atoms with van der Waals surface area (Å²) in [5, 5.41) is 17.1. The van der Waals surface area contributed by atoms with Crippen LogP contribution in [0.25, 0.3) is 0 Å². The SMILES string of the molecule is C=CCn1c(CS(=O)(=O)c2ccc(C)cc2)nnc1SCC#N. The van der Waals surface area contributed by atoms with Gasteiger partial charge in [0.15, 0.2) is 15.0 Å². The van der Waals surface area contributed by atoms with Gasteiger partial charge in [0.05, 0.1) is 16.7 Å². The van der Waals surface area contributed by atoms with Crippen molar-refractivity contribution in [3.8, 4) is 6.07 Å². The van der Waals surface area contributed by atoms with Crippen LogP contribution in [0.4, 0.5) is 0 Å². The van der Waals surface area contributed by atoms with Crippen LogP contribution in [0.3, 0.4) is 0 Å². The van der Waals surface area contributed by atoms with Gasteiger partial charge in [0.1, 0.15) is 11.6 Å². The van der Waals surface area contributed by atoms with Crippen LogP contribution in [-0.4, -0.2) is 28.9 Å². The van der Waals surface area contributed by atoms with E-state index in [1.165, 1.54) is 11.8 Å². The molecule has 1 aromatic heterocycles. The van der Waals surface area contributed by atoms with E-state index < -0.39 is 9.84 Å². The fraction of sp³-hybridized carbons (Fsp3) is 0.267. The molecule has 0 fully saturated rings. The Morgan fingerprint density at radius 3 is 2.65 bits per heavy atom. The standard InChI is InChI=1S/C15H16N4O2S2/c1-3-9-19-14(17-18-15(19)22-10-8-16)11-23(20,21)13-6-4-12(2)5-7-13/h3-7H,1,9-11H2,2H3. The van der Waals surface area contributed by atoms with Crippen molar-refractivity contribution in [1.82, 2.24) is 14.8 Å². The van der Waals surface area contributed by atoms with Gasteiger partial charge in [-0.15, -0.1) is 16.8 Å². The normalized spacial score (nSPS) is 11.1. The number of aryl methyl sites for hydroxylation is 1. The highest BCUT2D eigenvalue weighted by molar-refractivity contribution is 7.99. The van der Waals surface area contributed by atoms with Crippen molar-refractivity contribution in [1.29, 1.82) is 5.26 Å². The molecule has 0 bridgehead atoms. The molecule has 120 valence electrons. The highest BCUT2D eigenvalue weighted by atomic mass is 32.2. The quantitative estimate of drug-likeness (QED) is 0.564. The first-order valence-corrected chi connectivity index (χ1v) is 9.44. The van der Waals surface area contributed by atoms with Crippen molar-refractivity contribution in [2.45, 2.75) is 29.3 Å². The Labute approximate surface area is 139 Å². The van der Waals surface area contributed by atoms with Crippen LogP contribution in [0.1, 0.15) is 11.4 Å². The Kier molecular flexibility index (Phi) is 5.58. The predicted molar refractivity (Wildman–Crippen MR) is 88.6 cm³/mol. The Morgan fingerprint density at radius 1 is 1.35 bits per heavy atom. The van der Waals surface area contributed by atoms with E-state index in [0.29, 0.717) is 17.5 Å². The largest absolute Gasteiger partial charge is 0.301 e. The lowest BCUT2D eigenvalue weighted by Gasteiger charge is -2.08. The maximum absolute atomic E-state index is 12.5. The lowest BCUT2D eigenvalue weighted by molar-refractivity contribution is 0.590. The maximum atomic E-state index is 12.5. The number of benzene rings is 1. The topological polar surface area (TPSA) is 88.6 Å². The third-order valence-corrected chi connectivity index (χ3v) is 5.53. The first kappa shape index (κ1) is 17.2. The summed E-state index contributed by atoms with van der Waals surface area (Å²) in [6.45, 7) is 5.95. The zero-order chi connectivity index (χ0) is 16.9. The number of allylic oxidation sites excluding steroid dienone is 1. The minimum Gasteiger partial charge on any atom is -0.301 e. The third kappa shape index (κ3) is 4.21. The zero-order valence-corrected chi connectivity index (χ0v) is 14.3. The summed E-state index contributed by atoms with van der Waals surface area (Å²) in [5.74, 6) is 0.315. The monoisotopic (exact) mass is 348 g/mol. The molecule has 0 unspecified atom stereocenters. The average Bonchev–Trinajstić information content (AvgIpc) is 2.87. The van der Waals surface area contributed by atoms with Crippen LogP contribution in [0.5, 0.6) is 0 Å². The number of aromatic nitrogens is 3. The minimum atomic E-state index is -3.51. The highest BCUT2D eigenvalue weighted by Gasteiger charge is 2.21. The molecular formula is C15H16N4O2S2. The fourth-order valence-electron chi connectivity index (χ4n) is 1.94. The Balaban J connectivity index is 2.31. The first-order valence-electron chi connectivity index (χ1n) is 6.80. The van der Waals surface area contributed by atoms with E-state index in [2.05, 4.69) is 16.8 Å². The summed E-state index contributed by atoms with van der Waals surface area (Å²) < 4.78 is 26.7. The molecule has 1 aromatic carbocycles. The number of nitrogens with zero attached hydrogens (tertiary/aromatic N) is 4. The molecule has 0 saturated heterocycles. The summed E-state index contributed by atoms with van der Waals surface area (Å²) in [6.07, 6.45) is 1.64. The van der Waals surface area contributed by atoms with E-state index in [0.717, 1.165) is 5.56 Å². The van der Waals surface area contributed by atoms with E-state index in [4.69, 9.17) is 5.26 Å². The molecule has 0 aliphatic carbocycles. The van der Waals surface area contributed by atoms with Gasteiger partial charge in [0.25, 0.3) is 0 Å². The Morgan fingerprint density at radius 2 is 2.04 bits per heavy atom. The molecule has 0 saturated carbocycles. The molecule has 0 spiro atoms. The van der Waals surface area contributed by atoms with Crippen LogP contribution >= 0.6 is 11.8 Å². The van der Waals surface area contributed by atoms with Crippen LogP contribution in [-0.2, 0) is 22.1 Å². The van der Waals surface area contributed by atoms with Crippen molar-refractivity contribution in [2.24, 2.45) is 0 Å². The van der Waals surface area contributed by atoms with Crippen LogP contribution in [0, 0.1) is 18.3 Å². The molecule has 0 atom stereocenters. The van der Waals surface area contributed by atoms with Crippen molar-refractivity contribution < 1.29 is 8.42 Å². The summed E-state index contributed by atoms with van der Waals surface area (Å²) in [7, 11) is -3.51. The molecule has 0 aliphatic rings. The number of thioether (sulfide) groups is 1. The number of hydrogen-bond donors (Lipinski definition) is 0. The summed E-state index contributed by atoms with van der Waals surface area (Å²) in [6, 6.07) is 8.71. The van der Waals surface area contributed by atoms with Gasteiger partial charge < -0.3 is 4.57 Å². The maximum Gasteiger partial charge on any atom is 0.192 e. The first-order chi connectivity index (χ1) is 11.0. The van der Waals surface area contributed by atoms with Gasteiger partial charge >= 0.3 is 0 Å². The van der Waals surface area contributed by atoms with Crippen LogP contribution < -0.4 is 0 Å². The molecule has 1 heterocycles. The number of sulfone groups is 1. The number of hydrogen-bond acceptors (Lipinski definition) is 6. The van der Waals surface area contributed by atoms with Gasteiger partial charge in [0, 0.05) is 6.54 Å². The van der Waals surface area contributed by atoms with Crippen molar-refractivity contribution in [3.63, 3.8) is 0 Å². The Bertz CT molecular complexity index is 833. The molecular weight excluding hydrogens is 332 g/mol. The van der Waals surface area contributed by atoms with Gasteiger partial charge in [-0.05, 0) is 19.1 Å². The lowest BCUT2D eigenvalue weighted by atomic mass is 10.2. The minimum absolute atomic E-state index is 0.222. The average molecular weight is 348 g/mol. The molecule has 0 N–H and O–H groups in total. The van der Waals surface area contributed by atoms with E-state index in [-0.39, 0.29) is 16.4 Å². The molecule has 2 rings (SSSR count). The van der Waals surface area contributed by atoms with Crippen LogP contribution in [0.2, 0.25) is 0 Å². The molecule has 0 radical (unpaired) electrons. The molecule has 0 aliphatic heterocycles. The van der Waals surface area contributed by atoms with E-state index >= 15 is 0 Å². The van der Waals surface area contributed by atoms with Crippen molar-refractivity contribution in [2.75, 3.05) is 5.75 Å². The van der Waals surface area contributed by atoms with Gasteiger partial charge in [-0.3, -0.25) is 0 Å². The highest BCUT2D eigenvalue weighted by Crippen LogP contribution is 2.21. The summed E-state index contributed by atoms with van der Waals surface area (Å²) in [5.41, 5.74) is 0.994. The summed E-state index contributed by atoms with van der Waals surface area (Å²) >= 11 is 1.22. The smallest absolute Gasteiger partial charge is 0.192 e. The van der Waals surface area contributed by atoms with Gasteiger partial charge in [0.2, 0.25) is 0 Å². The van der Waals surface area contributed by atoms with Crippen molar-refractivity contribution >= 4 is 21.6 Å². The second kappa shape index (κ2) is 7.44. The second-order valence-electron chi connectivity index (χ2n) is 4.82. The molecule has 0 amide bonds. The third-order valence-electron chi connectivity index (χ3n) is 3.07.